The summed E-state index contributed by atoms with van der Waals surface area (Å²) in [5, 5.41) is 5.75. The molecule has 2 aromatic rings. The second-order valence-corrected chi connectivity index (χ2v) is 4.59. The fourth-order valence-electron chi connectivity index (χ4n) is 1.84. The summed E-state index contributed by atoms with van der Waals surface area (Å²) < 4.78 is 51.2. The summed E-state index contributed by atoms with van der Waals surface area (Å²) >= 11 is 0. The number of aromatic nitrogens is 2. The van der Waals surface area contributed by atoms with Gasteiger partial charge in [0.05, 0.1) is 14.2 Å². The molecule has 0 aliphatic rings. The van der Waals surface area contributed by atoms with E-state index in [1.54, 1.807) is 6.07 Å². The lowest BCUT2D eigenvalue weighted by Crippen LogP contribution is -2.26. The second kappa shape index (κ2) is 7.20. The summed E-state index contributed by atoms with van der Waals surface area (Å²) in [5.41, 5.74) is 0.316. The molecule has 0 fully saturated rings. The Hall–Kier alpha value is -2.78. The van der Waals surface area contributed by atoms with Gasteiger partial charge in [-0.3, -0.25) is 4.79 Å². The van der Waals surface area contributed by atoms with E-state index in [1.165, 1.54) is 26.4 Å². The maximum atomic E-state index is 12.3. The summed E-state index contributed by atoms with van der Waals surface area (Å²) in [5.74, 6) is -1.12. The van der Waals surface area contributed by atoms with Gasteiger partial charge in [0.25, 0.3) is 5.91 Å². The molecular formula is C14H14F3N3O4. The lowest BCUT2D eigenvalue weighted by molar-refractivity contribution is -0.159. The molecule has 0 saturated carbocycles. The van der Waals surface area contributed by atoms with Crippen LogP contribution >= 0.6 is 0 Å². The van der Waals surface area contributed by atoms with Gasteiger partial charge < -0.3 is 19.3 Å². The number of rotatable bonds is 6. The van der Waals surface area contributed by atoms with Crippen molar-refractivity contribution < 1.29 is 32.0 Å². The molecule has 24 heavy (non-hydrogen) atoms. The summed E-state index contributed by atoms with van der Waals surface area (Å²) in [6, 6.07) is 4.60. The highest BCUT2D eigenvalue weighted by Gasteiger charge is 2.38. The minimum absolute atomic E-state index is 0.00138. The van der Waals surface area contributed by atoms with Gasteiger partial charge in [-0.25, -0.2) is 0 Å². The van der Waals surface area contributed by atoms with Crippen molar-refractivity contribution in [1.82, 2.24) is 15.5 Å². The van der Waals surface area contributed by atoms with Crippen molar-refractivity contribution in [3.05, 3.63) is 35.5 Å². The third-order valence-corrected chi connectivity index (χ3v) is 2.99. The fraction of sp³-hybridized carbons (Fsp3) is 0.357. The highest BCUT2D eigenvalue weighted by molar-refractivity contribution is 5.94. The number of amides is 1. The number of hydrogen-bond donors (Lipinski definition) is 1. The smallest absolute Gasteiger partial charge is 0.471 e. The molecule has 1 aromatic carbocycles. The molecule has 130 valence electrons. The number of carbonyl (C=O) groups excluding carboxylic acids is 1. The number of nitrogens with zero attached hydrogens (tertiary/aromatic N) is 2. The average Bonchev–Trinajstić information content (AvgIpc) is 3.03. The number of carbonyl (C=O) groups is 1. The minimum Gasteiger partial charge on any atom is -0.493 e. The molecule has 0 atom stereocenters. The van der Waals surface area contributed by atoms with E-state index in [0.717, 1.165) is 0 Å². The van der Waals surface area contributed by atoms with Gasteiger partial charge in [0.1, 0.15) is 0 Å². The first kappa shape index (κ1) is 17.6. The number of halogens is 3. The molecule has 0 unspecified atom stereocenters. The van der Waals surface area contributed by atoms with Crippen molar-refractivity contribution in [2.45, 2.75) is 12.6 Å². The SMILES string of the molecule is COc1ccc(C(=O)NCCc2noc(C(F)(F)F)n2)cc1OC. The van der Waals surface area contributed by atoms with Gasteiger partial charge in [0, 0.05) is 18.5 Å². The molecule has 2 rings (SSSR count). The first-order valence-corrected chi connectivity index (χ1v) is 6.75. The Balaban J connectivity index is 1.93. The van der Waals surface area contributed by atoms with Crippen LogP contribution in [0.5, 0.6) is 11.5 Å². The predicted molar refractivity (Wildman–Crippen MR) is 74.9 cm³/mol. The van der Waals surface area contributed by atoms with Crippen LogP contribution in [0.4, 0.5) is 13.2 Å². The Morgan fingerprint density at radius 1 is 1.25 bits per heavy atom. The maximum Gasteiger partial charge on any atom is 0.471 e. The van der Waals surface area contributed by atoms with Crippen molar-refractivity contribution in [1.29, 1.82) is 0 Å². The van der Waals surface area contributed by atoms with Gasteiger partial charge in [-0.15, -0.1) is 0 Å². The van der Waals surface area contributed by atoms with Crippen LogP contribution in [0.3, 0.4) is 0 Å². The Morgan fingerprint density at radius 3 is 2.54 bits per heavy atom. The highest BCUT2D eigenvalue weighted by Crippen LogP contribution is 2.28. The lowest BCUT2D eigenvalue weighted by Gasteiger charge is -2.09. The third kappa shape index (κ3) is 4.15. The van der Waals surface area contributed by atoms with Crippen LogP contribution in [0, 0.1) is 0 Å². The molecular weight excluding hydrogens is 331 g/mol. The zero-order chi connectivity index (χ0) is 17.7. The van der Waals surface area contributed by atoms with E-state index in [-0.39, 0.29) is 18.8 Å². The molecule has 0 bridgehead atoms. The first-order valence-electron chi connectivity index (χ1n) is 6.75. The Morgan fingerprint density at radius 2 is 1.96 bits per heavy atom. The van der Waals surface area contributed by atoms with Crippen molar-refractivity contribution in [2.75, 3.05) is 20.8 Å². The van der Waals surface area contributed by atoms with Crippen molar-refractivity contribution >= 4 is 5.91 Å². The lowest BCUT2D eigenvalue weighted by atomic mass is 10.2. The molecule has 1 amide bonds. The molecule has 1 N–H and O–H groups in total. The van der Waals surface area contributed by atoms with Crippen LogP contribution in [0.2, 0.25) is 0 Å². The summed E-state index contributed by atoms with van der Waals surface area (Å²) in [4.78, 5) is 15.2. The van der Waals surface area contributed by atoms with E-state index in [9.17, 15) is 18.0 Å². The minimum atomic E-state index is -4.69. The number of hydrogen-bond acceptors (Lipinski definition) is 6. The van der Waals surface area contributed by atoms with Crippen molar-refractivity contribution in [3.63, 3.8) is 0 Å². The Labute approximate surface area is 134 Å². The molecule has 10 heteroatoms. The summed E-state index contributed by atoms with van der Waals surface area (Å²) in [6.45, 7) is 0.0456. The number of alkyl halides is 3. The quantitative estimate of drug-likeness (QED) is 0.863. The predicted octanol–water partition coefficient (Wildman–Crippen LogP) is 2.08. The summed E-state index contributed by atoms with van der Waals surface area (Å²) in [7, 11) is 2.91. The van der Waals surface area contributed by atoms with Crippen molar-refractivity contribution in [2.24, 2.45) is 0 Å². The van der Waals surface area contributed by atoms with Gasteiger partial charge in [0.2, 0.25) is 0 Å². The number of ether oxygens (including phenoxy) is 2. The van der Waals surface area contributed by atoms with E-state index in [4.69, 9.17) is 9.47 Å². The van der Waals surface area contributed by atoms with Gasteiger partial charge in [0.15, 0.2) is 17.3 Å². The van der Waals surface area contributed by atoms with Crippen LogP contribution in [-0.4, -0.2) is 36.8 Å². The van der Waals surface area contributed by atoms with Crippen LogP contribution in [0.1, 0.15) is 22.1 Å². The second-order valence-electron chi connectivity index (χ2n) is 4.59. The molecule has 1 heterocycles. The van der Waals surface area contributed by atoms with E-state index >= 15 is 0 Å². The van der Waals surface area contributed by atoms with Crippen molar-refractivity contribution in [3.8, 4) is 11.5 Å². The van der Waals surface area contributed by atoms with Gasteiger partial charge in [-0.1, -0.05) is 5.16 Å². The molecule has 0 saturated heterocycles. The normalized spacial score (nSPS) is 11.2. The van der Waals surface area contributed by atoms with Crippen LogP contribution < -0.4 is 14.8 Å². The standard InChI is InChI=1S/C14H14F3N3O4/c1-22-9-4-3-8(7-10(9)23-2)12(21)18-6-5-11-19-13(24-20-11)14(15,16)17/h3-4,7H,5-6H2,1-2H3,(H,18,21). The first-order chi connectivity index (χ1) is 11.3. The Kier molecular flexibility index (Phi) is 5.27. The van der Waals surface area contributed by atoms with Crippen LogP contribution in [0.15, 0.2) is 22.7 Å². The van der Waals surface area contributed by atoms with E-state index in [1.807, 2.05) is 0 Å². The molecule has 0 aliphatic heterocycles. The average molecular weight is 345 g/mol. The molecule has 1 aromatic heterocycles. The number of methoxy groups -OCH3 is 2. The molecule has 0 radical (unpaired) electrons. The highest BCUT2D eigenvalue weighted by atomic mass is 19.4. The molecule has 0 aliphatic carbocycles. The number of nitrogens with one attached hydrogen (secondary N) is 1. The van der Waals surface area contributed by atoms with E-state index < -0.39 is 18.0 Å². The molecule has 0 spiro atoms. The topological polar surface area (TPSA) is 86.5 Å². The summed E-state index contributed by atoms with van der Waals surface area (Å²) in [6.07, 6.45) is -4.69. The maximum absolute atomic E-state index is 12.3. The largest absolute Gasteiger partial charge is 0.493 e. The Bertz CT molecular complexity index is 716. The van der Waals surface area contributed by atoms with Gasteiger partial charge >= 0.3 is 12.1 Å². The van der Waals surface area contributed by atoms with E-state index in [2.05, 4.69) is 20.0 Å². The number of benzene rings is 1. The fourth-order valence-corrected chi connectivity index (χ4v) is 1.84. The van der Waals surface area contributed by atoms with Gasteiger partial charge in [-0.05, 0) is 18.2 Å². The monoisotopic (exact) mass is 345 g/mol. The van der Waals surface area contributed by atoms with Gasteiger partial charge in [-0.2, -0.15) is 18.2 Å². The third-order valence-electron chi connectivity index (χ3n) is 2.99. The van der Waals surface area contributed by atoms with Crippen LogP contribution in [0.25, 0.3) is 0 Å². The van der Waals surface area contributed by atoms with Crippen LogP contribution in [-0.2, 0) is 12.6 Å². The zero-order valence-electron chi connectivity index (χ0n) is 12.8. The van der Waals surface area contributed by atoms with E-state index in [0.29, 0.717) is 17.1 Å². The molecule has 7 nitrogen and oxygen atoms in total. The zero-order valence-corrected chi connectivity index (χ0v) is 12.8.